The van der Waals surface area contributed by atoms with Gasteiger partial charge in [0.05, 0.1) is 6.61 Å². The molecule has 6 heteroatoms. The number of hydrogen-bond acceptors (Lipinski definition) is 5. The monoisotopic (exact) mass is 478 g/mol. The van der Waals surface area contributed by atoms with Crippen LogP contribution in [0.2, 0.25) is 6.04 Å². The number of hydrogen-bond donors (Lipinski definition) is 0. The van der Waals surface area contributed by atoms with Crippen LogP contribution in [0.15, 0.2) is 78.9 Å². The first-order valence-electron chi connectivity index (χ1n) is 12.1. The van der Waals surface area contributed by atoms with Crippen molar-refractivity contribution in [2.45, 2.75) is 45.6 Å². The predicted molar refractivity (Wildman–Crippen MR) is 135 cm³/mol. The second kappa shape index (κ2) is 11.3. The minimum atomic E-state index is -2.69. The van der Waals surface area contributed by atoms with Crippen LogP contribution in [0.5, 0.6) is 5.75 Å². The van der Waals surface area contributed by atoms with E-state index in [9.17, 15) is 0 Å². The molecule has 4 rings (SSSR count). The molecule has 180 valence electrons. The smallest absolute Gasteiger partial charge is 0.453 e. The van der Waals surface area contributed by atoms with Crippen LogP contribution in [0.4, 0.5) is 0 Å². The Hall–Kier alpha value is -2.48. The average Bonchev–Trinajstić information content (AvgIpc) is 2.88. The van der Waals surface area contributed by atoms with Crippen molar-refractivity contribution >= 4 is 8.80 Å². The van der Waals surface area contributed by atoms with E-state index >= 15 is 0 Å². The minimum absolute atomic E-state index is 0.456. The molecule has 0 bridgehead atoms. The molecule has 34 heavy (non-hydrogen) atoms. The molecule has 0 unspecified atom stereocenters. The van der Waals surface area contributed by atoms with Crippen LogP contribution in [-0.2, 0) is 36.8 Å². The first-order valence-corrected chi connectivity index (χ1v) is 14.1. The van der Waals surface area contributed by atoms with Crippen molar-refractivity contribution in [1.82, 2.24) is 0 Å². The highest BCUT2D eigenvalue weighted by atomic mass is 28.4. The summed E-state index contributed by atoms with van der Waals surface area (Å²) in [5.74, 6) is -0.136. The molecule has 0 atom stereocenters. The molecule has 5 nitrogen and oxygen atoms in total. The Balaban J connectivity index is 1.58. The summed E-state index contributed by atoms with van der Waals surface area (Å²) in [7, 11) is -2.69. The molecular formula is C28H34O5Si. The number of fused-ring (bicyclic) bond motifs is 1. The molecule has 0 spiro atoms. The molecule has 1 aliphatic rings. The van der Waals surface area contributed by atoms with Crippen molar-refractivity contribution in [2.24, 2.45) is 0 Å². The van der Waals surface area contributed by atoms with Crippen LogP contribution in [-0.4, -0.2) is 28.6 Å². The third-order valence-electron chi connectivity index (χ3n) is 5.93. The van der Waals surface area contributed by atoms with Gasteiger partial charge in [-0.05, 0) is 44.9 Å². The largest absolute Gasteiger partial charge is 0.501 e. The summed E-state index contributed by atoms with van der Waals surface area (Å²) in [5, 5.41) is 0. The van der Waals surface area contributed by atoms with E-state index in [1.807, 2.05) is 81.4 Å². The zero-order valence-corrected chi connectivity index (χ0v) is 21.3. The Labute approximate surface area is 204 Å². The van der Waals surface area contributed by atoms with E-state index in [1.54, 1.807) is 0 Å². The number of aryl methyl sites for hydroxylation is 1. The van der Waals surface area contributed by atoms with Crippen LogP contribution in [0.1, 0.15) is 43.0 Å². The van der Waals surface area contributed by atoms with Crippen molar-refractivity contribution in [3.63, 3.8) is 0 Å². The fraction of sp³-hybridized carbons (Fsp3) is 0.357. The summed E-state index contributed by atoms with van der Waals surface area (Å²) in [4.78, 5) is 0. The van der Waals surface area contributed by atoms with Gasteiger partial charge >= 0.3 is 8.80 Å². The molecule has 0 saturated heterocycles. The molecule has 3 aromatic carbocycles. The van der Waals surface area contributed by atoms with E-state index in [-0.39, 0.29) is 0 Å². The topological polar surface area (TPSA) is 46.2 Å². The molecule has 0 aromatic heterocycles. The average molecular weight is 479 g/mol. The maximum atomic E-state index is 6.62. The quantitative estimate of drug-likeness (QED) is 0.312. The summed E-state index contributed by atoms with van der Waals surface area (Å²) in [6.07, 6.45) is 0.808. The summed E-state index contributed by atoms with van der Waals surface area (Å²) >= 11 is 0. The van der Waals surface area contributed by atoms with Crippen molar-refractivity contribution in [3.8, 4) is 5.75 Å². The number of ether oxygens (including phenoxy) is 2. The van der Waals surface area contributed by atoms with E-state index in [4.69, 9.17) is 22.8 Å². The fourth-order valence-corrected chi connectivity index (χ4v) is 7.03. The second-order valence-electron chi connectivity index (χ2n) is 8.16. The highest BCUT2D eigenvalue weighted by Gasteiger charge is 2.42. The van der Waals surface area contributed by atoms with E-state index in [0.29, 0.717) is 26.4 Å². The van der Waals surface area contributed by atoms with Crippen LogP contribution < -0.4 is 4.74 Å². The van der Waals surface area contributed by atoms with E-state index in [1.165, 1.54) is 5.56 Å². The minimum Gasteiger partial charge on any atom is -0.453 e. The van der Waals surface area contributed by atoms with Crippen molar-refractivity contribution in [2.75, 3.05) is 19.8 Å². The van der Waals surface area contributed by atoms with E-state index in [2.05, 4.69) is 18.2 Å². The highest BCUT2D eigenvalue weighted by Crippen LogP contribution is 2.42. The summed E-state index contributed by atoms with van der Waals surface area (Å²) in [6.45, 7) is 8.16. The lowest BCUT2D eigenvalue weighted by Crippen LogP contribution is -2.46. The maximum Gasteiger partial charge on any atom is 0.501 e. The molecule has 3 aromatic rings. The summed E-state index contributed by atoms with van der Waals surface area (Å²) in [6, 6.07) is 27.3. The van der Waals surface area contributed by atoms with Gasteiger partial charge in [-0.15, -0.1) is 0 Å². The first-order chi connectivity index (χ1) is 16.6. The van der Waals surface area contributed by atoms with Crippen LogP contribution in [0.3, 0.4) is 0 Å². The van der Waals surface area contributed by atoms with Crippen molar-refractivity contribution in [1.29, 1.82) is 0 Å². The molecule has 1 aliphatic heterocycles. The van der Waals surface area contributed by atoms with Gasteiger partial charge in [-0.1, -0.05) is 66.7 Å². The van der Waals surface area contributed by atoms with Crippen LogP contribution in [0.25, 0.3) is 0 Å². The van der Waals surface area contributed by atoms with Crippen molar-refractivity contribution < 1.29 is 22.8 Å². The van der Waals surface area contributed by atoms with Gasteiger partial charge in [0.2, 0.25) is 0 Å². The zero-order valence-electron chi connectivity index (χ0n) is 20.3. The lowest BCUT2D eigenvalue weighted by molar-refractivity contribution is -0.184. The standard InChI is InChI=1S/C28H34O5Si/c1-4-30-34(31-5-2,32-6-3)20-19-23-17-18-27-24(21-23)22-29-28(33-27,25-13-9-7-10-14-25)26-15-11-8-12-16-26/h7-18,21H,4-6,19-20,22H2,1-3H3. The van der Waals surface area contributed by atoms with Gasteiger partial charge in [0.25, 0.3) is 5.79 Å². The molecule has 1 heterocycles. The first kappa shape index (κ1) is 24.6. The van der Waals surface area contributed by atoms with Crippen molar-refractivity contribution in [3.05, 3.63) is 101 Å². The van der Waals surface area contributed by atoms with Gasteiger partial charge in [0, 0.05) is 42.6 Å². The SMILES string of the molecule is CCO[Si](CCc1ccc2c(c1)COC(c1ccccc1)(c1ccccc1)O2)(OCC)OCC. The lowest BCUT2D eigenvalue weighted by atomic mass is 9.95. The molecule has 0 N–H and O–H groups in total. The molecule has 0 fully saturated rings. The molecular weight excluding hydrogens is 444 g/mol. The van der Waals surface area contributed by atoms with Crippen LogP contribution in [0, 0.1) is 0 Å². The van der Waals surface area contributed by atoms with E-state index in [0.717, 1.165) is 34.9 Å². The van der Waals surface area contributed by atoms with E-state index < -0.39 is 14.6 Å². The molecule has 0 aliphatic carbocycles. The lowest BCUT2D eigenvalue weighted by Gasteiger charge is -2.39. The third kappa shape index (κ3) is 5.27. The van der Waals surface area contributed by atoms with Gasteiger partial charge in [0.1, 0.15) is 5.75 Å². The Bertz CT molecular complexity index is 985. The molecule has 0 radical (unpaired) electrons. The zero-order chi connectivity index (χ0) is 23.9. The summed E-state index contributed by atoms with van der Waals surface area (Å²) in [5.41, 5.74) is 4.17. The number of rotatable bonds is 11. The molecule has 0 amide bonds. The third-order valence-corrected chi connectivity index (χ3v) is 8.98. The highest BCUT2D eigenvalue weighted by molar-refractivity contribution is 6.60. The predicted octanol–water partition coefficient (Wildman–Crippen LogP) is 6.09. The van der Waals surface area contributed by atoms with Gasteiger partial charge in [-0.3, -0.25) is 0 Å². The number of benzene rings is 3. The molecule has 0 saturated carbocycles. The Morgan fingerprint density at radius 1 is 0.765 bits per heavy atom. The Morgan fingerprint density at radius 2 is 1.32 bits per heavy atom. The van der Waals surface area contributed by atoms with Crippen LogP contribution >= 0.6 is 0 Å². The fourth-order valence-electron chi connectivity index (χ4n) is 4.43. The normalized spacial score (nSPS) is 14.9. The Morgan fingerprint density at radius 3 is 1.85 bits per heavy atom. The Kier molecular flexibility index (Phi) is 8.18. The maximum absolute atomic E-state index is 6.62. The summed E-state index contributed by atoms with van der Waals surface area (Å²) < 4.78 is 31.2. The van der Waals surface area contributed by atoms with Gasteiger partial charge in [0.15, 0.2) is 0 Å². The second-order valence-corrected chi connectivity index (χ2v) is 10.9. The van der Waals surface area contributed by atoms with Gasteiger partial charge < -0.3 is 22.8 Å². The van der Waals surface area contributed by atoms with Gasteiger partial charge in [-0.25, -0.2) is 0 Å². The van der Waals surface area contributed by atoms with Gasteiger partial charge in [-0.2, -0.15) is 0 Å².